The van der Waals surface area contributed by atoms with Gasteiger partial charge in [-0.15, -0.1) is 0 Å². The molecule has 2 rings (SSSR count). The molecule has 2 unspecified atom stereocenters. The minimum absolute atomic E-state index is 0.171. The van der Waals surface area contributed by atoms with Gasteiger partial charge in [0, 0.05) is 18.1 Å². The second kappa shape index (κ2) is 5.99. The van der Waals surface area contributed by atoms with Gasteiger partial charge in [0.25, 0.3) is 5.37 Å². The van der Waals surface area contributed by atoms with E-state index >= 15 is 0 Å². The summed E-state index contributed by atoms with van der Waals surface area (Å²) in [5.74, 6) is 0. The number of rotatable bonds is 4. The summed E-state index contributed by atoms with van der Waals surface area (Å²) in [7, 11) is -6.60. The molecule has 0 bridgehead atoms. The summed E-state index contributed by atoms with van der Waals surface area (Å²) in [5.41, 5.74) is 0.991. The van der Waals surface area contributed by atoms with Crippen molar-refractivity contribution in [1.29, 1.82) is 0 Å². The first-order valence-corrected chi connectivity index (χ1v) is 10.1. The number of allylic oxidation sites excluding steroid dienone is 3. The molecular weight excluding hydrogens is 338 g/mol. The predicted octanol–water partition coefficient (Wildman–Crippen LogP) is 1.43. The van der Waals surface area contributed by atoms with Crippen LogP contribution in [0.1, 0.15) is 40.5 Å². The van der Waals surface area contributed by atoms with Gasteiger partial charge >= 0.3 is 10.1 Å². The fourth-order valence-corrected chi connectivity index (χ4v) is 4.73. The molecule has 8 heteroatoms. The highest BCUT2D eigenvalue weighted by Gasteiger charge is 2.53. The zero-order chi connectivity index (χ0) is 17.6. The van der Waals surface area contributed by atoms with E-state index in [-0.39, 0.29) is 10.9 Å². The van der Waals surface area contributed by atoms with Crippen molar-refractivity contribution in [2.75, 3.05) is 0 Å². The van der Waals surface area contributed by atoms with Crippen molar-refractivity contribution in [1.82, 2.24) is 0 Å². The van der Waals surface area contributed by atoms with E-state index in [9.17, 15) is 21.4 Å². The molecule has 1 aliphatic carbocycles. The number of nitrogens with zero attached hydrogens (tertiary/aromatic N) is 1. The largest absolute Gasteiger partial charge is 0.329 e. The van der Waals surface area contributed by atoms with Gasteiger partial charge in [-0.2, -0.15) is 16.8 Å². The van der Waals surface area contributed by atoms with Gasteiger partial charge in [0.1, 0.15) is 0 Å². The van der Waals surface area contributed by atoms with E-state index in [2.05, 4.69) is 0 Å². The molecule has 0 aromatic rings. The Morgan fingerprint density at radius 2 is 1.96 bits per heavy atom. The Kier molecular flexibility index (Phi) is 4.71. The van der Waals surface area contributed by atoms with E-state index in [0.29, 0.717) is 18.6 Å². The van der Waals surface area contributed by atoms with Gasteiger partial charge in [0.15, 0.2) is 6.04 Å². The topological polar surface area (TPSA) is 91.5 Å². The van der Waals surface area contributed by atoms with Gasteiger partial charge in [-0.3, -0.25) is 4.55 Å². The molecule has 0 aromatic heterocycles. The number of hydrogen-bond donors (Lipinski definition) is 1. The van der Waals surface area contributed by atoms with Crippen LogP contribution in [0.15, 0.2) is 23.8 Å². The average Bonchev–Trinajstić information content (AvgIpc) is 2.63. The molecule has 0 amide bonds. The predicted molar refractivity (Wildman–Crippen MR) is 89.9 cm³/mol. The zero-order valence-electron chi connectivity index (χ0n) is 13.6. The van der Waals surface area contributed by atoms with Gasteiger partial charge in [-0.25, -0.2) is 4.58 Å². The van der Waals surface area contributed by atoms with Crippen molar-refractivity contribution in [3.8, 4) is 0 Å². The molecule has 23 heavy (non-hydrogen) atoms. The molecule has 0 saturated carbocycles. The van der Waals surface area contributed by atoms with Gasteiger partial charge in [-0.1, -0.05) is 6.92 Å². The van der Waals surface area contributed by atoms with Crippen molar-refractivity contribution in [3.63, 3.8) is 0 Å². The highest BCUT2D eigenvalue weighted by atomic mass is 32.2. The lowest BCUT2D eigenvalue weighted by molar-refractivity contribution is -0.581. The molecule has 0 fully saturated rings. The Balaban J connectivity index is 2.74. The summed E-state index contributed by atoms with van der Waals surface area (Å²) in [6, 6.07) is -0.202. The molecule has 0 spiro atoms. The normalized spacial score (nSPS) is 24.5. The van der Waals surface area contributed by atoms with Crippen LogP contribution < -0.4 is 0 Å². The summed E-state index contributed by atoms with van der Waals surface area (Å²) in [6.45, 7) is 7.64. The molecule has 1 heterocycles. The van der Waals surface area contributed by atoms with Crippen molar-refractivity contribution < 1.29 is 26.0 Å². The summed E-state index contributed by atoms with van der Waals surface area (Å²) < 4.78 is 57.5. The minimum atomic E-state index is -4.26. The second-order valence-corrected chi connectivity index (χ2v) is 8.99. The van der Waals surface area contributed by atoms with Crippen molar-refractivity contribution in [2.24, 2.45) is 5.41 Å². The van der Waals surface area contributed by atoms with Crippen molar-refractivity contribution in [2.45, 2.75) is 52.0 Å². The maximum absolute atomic E-state index is 11.9. The minimum Gasteiger partial charge on any atom is -0.280 e. The Morgan fingerprint density at radius 3 is 2.43 bits per heavy atom. The molecule has 128 valence electrons. The van der Waals surface area contributed by atoms with Crippen LogP contribution in [0.25, 0.3) is 0 Å². The third-order valence-electron chi connectivity index (χ3n) is 4.78. The zero-order valence-corrected chi connectivity index (χ0v) is 15.3. The van der Waals surface area contributed by atoms with Crippen LogP contribution in [0.2, 0.25) is 0 Å². The molecule has 2 atom stereocenters. The monoisotopic (exact) mass is 360 g/mol. The highest BCUT2D eigenvalue weighted by molar-refractivity contribution is 7.86. The molecule has 1 N–H and O–H groups in total. The molecule has 2 aliphatic rings. The average molecular weight is 360 g/mol. The van der Waals surface area contributed by atoms with E-state index in [1.165, 1.54) is 6.08 Å². The summed E-state index contributed by atoms with van der Waals surface area (Å²) in [6.07, 6.45) is 5.57. The van der Waals surface area contributed by atoms with Gasteiger partial charge < -0.3 is 0 Å². The van der Waals surface area contributed by atoms with E-state index in [1.54, 1.807) is 16.7 Å². The Morgan fingerprint density at radius 1 is 1.35 bits per heavy atom. The van der Waals surface area contributed by atoms with Crippen LogP contribution in [0.3, 0.4) is 0 Å². The first kappa shape index (κ1) is 18.1. The van der Waals surface area contributed by atoms with Crippen molar-refractivity contribution >= 4 is 31.0 Å². The Labute approximate surface area is 138 Å². The molecule has 0 radical (unpaired) electrons. The first-order chi connectivity index (χ1) is 10.5. The van der Waals surface area contributed by atoms with Crippen LogP contribution in [-0.2, 0) is 20.4 Å². The van der Waals surface area contributed by atoms with E-state index in [0.717, 1.165) is 5.57 Å². The van der Waals surface area contributed by atoms with Gasteiger partial charge in [0.2, 0.25) is 16.0 Å². The molecule has 0 aromatic carbocycles. The van der Waals surface area contributed by atoms with Gasteiger partial charge in [0.05, 0.1) is 10.3 Å². The maximum atomic E-state index is 11.9. The fraction of sp³-hybridized carbons (Fsp3) is 0.600. The summed E-state index contributed by atoms with van der Waals surface area (Å²) >= 11 is 0. The van der Waals surface area contributed by atoms with Crippen LogP contribution in [0.4, 0.5) is 0 Å². The summed E-state index contributed by atoms with van der Waals surface area (Å²) in [4.78, 5) is 0.171. The van der Waals surface area contributed by atoms with Crippen LogP contribution in [0.5, 0.6) is 0 Å². The Bertz CT molecular complexity index is 850. The maximum Gasteiger partial charge on any atom is 0.329 e. The summed E-state index contributed by atoms with van der Waals surface area (Å²) in [5, 5.41) is -1.04. The fourth-order valence-electron chi connectivity index (χ4n) is 3.22. The lowest BCUT2D eigenvalue weighted by Crippen LogP contribution is -2.42. The third-order valence-corrected chi connectivity index (χ3v) is 6.57. The van der Waals surface area contributed by atoms with Crippen LogP contribution >= 0.6 is 0 Å². The quantitative estimate of drug-likeness (QED) is 0.465. The van der Waals surface area contributed by atoms with E-state index in [4.69, 9.17) is 0 Å². The molecule has 6 nitrogen and oxygen atoms in total. The highest BCUT2D eigenvalue weighted by Crippen LogP contribution is 2.41. The van der Waals surface area contributed by atoms with E-state index < -0.39 is 31.2 Å². The second-order valence-electron chi connectivity index (χ2n) is 6.48. The van der Waals surface area contributed by atoms with Crippen molar-refractivity contribution in [3.05, 3.63) is 23.8 Å². The lowest BCUT2D eigenvalue weighted by Gasteiger charge is -2.24. The number of fused-ring (bicyclic) bond motifs is 1. The van der Waals surface area contributed by atoms with Crippen LogP contribution in [0, 0.1) is 5.41 Å². The SMILES string of the molecule is CCCC([N+]1=C2C=CC(=S(=O)=O)C=C2C(C)(C)C1C)S(=O)(=O)O. The standard InChI is InChI=1S/C15H21NO5S2/c1-5-6-14(23(19,20)21)16-10(2)15(3,4)12-9-11(22(17)18)7-8-13(12)16/h7-10,14H,5-6H2,1-4H3/p+1. The first-order valence-electron chi connectivity index (χ1n) is 7.50. The Hall–Kier alpha value is -1.25. The third kappa shape index (κ3) is 3.07. The lowest BCUT2D eigenvalue weighted by atomic mass is 9.77. The molecule has 0 saturated heterocycles. The van der Waals surface area contributed by atoms with Gasteiger partial charge in [-0.05, 0) is 39.3 Å². The molecule has 1 aliphatic heterocycles. The molecular formula is C15H22NO5S2+. The number of hydrogen-bond acceptors (Lipinski definition) is 4. The van der Waals surface area contributed by atoms with Crippen LogP contribution in [-0.4, -0.2) is 48.0 Å². The smallest absolute Gasteiger partial charge is 0.280 e. The van der Waals surface area contributed by atoms with E-state index in [1.807, 2.05) is 27.7 Å².